The lowest BCUT2D eigenvalue weighted by Crippen LogP contribution is -2.10. The summed E-state index contributed by atoms with van der Waals surface area (Å²) in [6.45, 7) is 0.522. The first-order valence-corrected chi connectivity index (χ1v) is 8.46. The summed E-state index contributed by atoms with van der Waals surface area (Å²) in [7, 11) is 3.16. The number of hydrogen-bond donors (Lipinski definition) is 2. The Bertz CT molecular complexity index is 935. The van der Waals surface area contributed by atoms with Crippen molar-refractivity contribution in [3.63, 3.8) is 0 Å². The van der Waals surface area contributed by atoms with Crippen molar-refractivity contribution in [2.24, 2.45) is 0 Å². The average Bonchev–Trinajstić information content (AvgIpc) is 2.71. The van der Waals surface area contributed by atoms with Crippen molar-refractivity contribution in [1.29, 1.82) is 0 Å². The maximum Gasteiger partial charge on any atom is 0.244 e. The van der Waals surface area contributed by atoms with Crippen LogP contribution in [0.15, 0.2) is 42.6 Å². The summed E-state index contributed by atoms with van der Waals surface area (Å²) in [4.78, 5) is 4.17. The molecule has 0 bridgehead atoms. The molecule has 0 saturated heterocycles. The molecule has 0 aliphatic heterocycles. The second kappa shape index (κ2) is 8.94. The van der Waals surface area contributed by atoms with Crippen molar-refractivity contribution in [3.05, 3.63) is 59.8 Å². The standard InChI is InChI=1S/C19H19F2N5O2/c1-27-15-7-6-12(10-16(15)28-2)8-9-22-19-25-17(11-23-26-19)24-18-13(20)4-3-5-14(18)21/h3-7,10-11H,8-9H2,1-2H3,(H2,22,24,25,26). The van der Waals surface area contributed by atoms with Crippen molar-refractivity contribution < 1.29 is 18.3 Å². The Kier molecular flexibility index (Phi) is 6.15. The number of methoxy groups -OCH3 is 2. The minimum Gasteiger partial charge on any atom is -0.493 e. The maximum absolute atomic E-state index is 13.7. The summed E-state index contributed by atoms with van der Waals surface area (Å²) in [6, 6.07) is 9.25. The van der Waals surface area contributed by atoms with Crippen LogP contribution in [-0.4, -0.2) is 35.9 Å². The molecule has 0 saturated carbocycles. The number of para-hydroxylation sites is 1. The third kappa shape index (κ3) is 4.61. The number of anilines is 3. The van der Waals surface area contributed by atoms with Crippen LogP contribution in [0.25, 0.3) is 0 Å². The van der Waals surface area contributed by atoms with E-state index in [0.29, 0.717) is 24.5 Å². The number of aromatic nitrogens is 3. The van der Waals surface area contributed by atoms with E-state index >= 15 is 0 Å². The second-order valence-electron chi connectivity index (χ2n) is 5.75. The van der Waals surface area contributed by atoms with Gasteiger partial charge >= 0.3 is 0 Å². The molecule has 3 aromatic rings. The van der Waals surface area contributed by atoms with E-state index in [1.807, 2.05) is 18.2 Å². The maximum atomic E-state index is 13.7. The summed E-state index contributed by atoms with van der Waals surface area (Å²) in [5, 5.41) is 13.3. The predicted molar refractivity (Wildman–Crippen MR) is 101 cm³/mol. The molecule has 2 aromatic carbocycles. The lowest BCUT2D eigenvalue weighted by Gasteiger charge is -2.11. The van der Waals surface area contributed by atoms with Gasteiger partial charge in [0.25, 0.3) is 0 Å². The van der Waals surface area contributed by atoms with E-state index in [-0.39, 0.29) is 17.5 Å². The van der Waals surface area contributed by atoms with E-state index in [4.69, 9.17) is 9.47 Å². The summed E-state index contributed by atoms with van der Waals surface area (Å²) < 4.78 is 38.0. The van der Waals surface area contributed by atoms with Gasteiger partial charge in [0.15, 0.2) is 17.3 Å². The largest absolute Gasteiger partial charge is 0.493 e. The Morgan fingerprint density at radius 2 is 1.75 bits per heavy atom. The summed E-state index contributed by atoms with van der Waals surface area (Å²) in [6.07, 6.45) is 1.95. The molecule has 1 aromatic heterocycles. The third-order valence-corrected chi connectivity index (χ3v) is 3.92. The van der Waals surface area contributed by atoms with Gasteiger partial charge in [-0.2, -0.15) is 10.1 Å². The molecular formula is C19H19F2N5O2. The molecule has 0 spiro atoms. The molecule has 0 fully saturated rings. The zero-order chi connectivity index (χ0) is 19.9. The topological polar surface area (TPSA) is 81.2 Å². The molecule has 9 heteroatoms. The van der Waals surface area contributed by atoms with Crippen LogP contribution in [0, 0.1) is 11.6 Å². The molecule has 0 amide bonds. The second-order valence-corrected chi connectivity index (χ2v) is 5.75. The summed E-state index contributed by atoms with van der Waals surface area (Å²) in [5.74, 6) is 0.278. The highest BCUT2D eigenvalue weighted by Gasteiger charge is 2.10. The van der Waals surface area contributed by atoms with E-state index in [1.165, 1.54) is 12.3 Å². The number of hydrogen-bond acceptors (Lipinski definition) is 7. The quantitative estimate of drug-likeness (QED) is 0.612. The first-order chi connectivity index (χ1) is 13.6. The van der Waals surface area contributed by atoms with Crippen LogP contribution in [0.1, 0.15) is 5.56 Å². The molecule has 7 nitrogen and oxygen atoms in total. The lowest BCUT2D eigenvalue weighted by molar-refractivity contribution is 0.354. The van der Waals surface area contributed by atoms with Crippen molar-refractivity contribution in [1.82, 2.24) is 15.2 Å². The molecule has 0 aliphatic carbocycles. The van der Waals surface area contributed by atoms with E-state index in [2.05, 4.69) is 25.8 Å². The van der Waals surface area contributed by atoms with E-state index < -0.39 is 11.6 Å². The Morgan fingerprint density at radius 3 is 2.46 bits per heavy atom. The van der Waals surface area contributed by atoms with Crippen LogP contribution in [0.3, 0.4) is 0 Å². The Hall–Kier alpha value is -3.49. The monoisotopic (exact) mass is 387 g/mol. The number of nitrogens with one attached hydrogen (secondary N) is 2. The van der Waals surface area contributed by atoms with Gasteiger partial charge in [-0.25, -0.2) is 8.78 Å². The SMILES string of the molecule is COc1ccc(CCNc2nncc(Nc3c(F)cccc3F)n2)cc1OC. The average molecular weight is 387 g/mol. The van der Waals surface area contributed by atoms with Gasteiger partial charge in [-0.05, 0) is 36.2 Å². The molecule has 0 atom stereocenters. The molecule has 1 heterocycles. The van der Waals surface area contributed by atoms with Crippen LogP contribution in [0.2, 0.25) is 0 Å². The minimum atomic E-state index is -0.721. The van der Waals surface area contributed by atoms with Crippen LogP contribution < -0.4 is 20.1 Å². The van der Waals surface area contributed by atoms with Gasteiger partial charge in [0, 0.05) is 6.54 Å². The third-order valence-electron chi connectivity index (χ3n) is 3.92. The number of benzene rings is 2. The number of ether oxygens (including phenoxy) is 2. The fraction of sp³-hybridized carbons (Fsp3) is 0.211. The highest BCUT2D eigenvalue weighted by molar-refractivity contribution is 5.57. The van der Waals surface area contributed by atoms with E-state index in [9.17, 15) is 8.78 Å². The van der Waals surface area contributed by atoms with Gasteiger partial charge in [0.1, 0.15) is 17.3 Å². The fourth-order valence-electron chi connectivity index (χ4n) is 2.54. The summed E-state index contributed by atoms with van der Waals surface area (Å²) in [5.41, 5.74) is 0.736. The molecule has 3 rings (SSSR count). The molecule has 0 radical (unpaired) electrons. The zero-order valence-corrected chi connectivity index (χ0v) is 15.4. The lowest BCUT2D eigenvalue weighted by atomic mass is 10.1. The molecule has 2 N–H and O–H groups in total. The van der Waals surface area contributed by atoms with Gasteiger partial charge in [0.2, 0.25) is 5.95 Å². The zero-order valence-electron chi connectivity index (χ0n) is 15.4. The van der Waals surface area contributed by atoms with Crippen LogP contribution >= 0.6 is 0 Å². The van der Waals surface area contributed by atoms with Crippen molar-refractivity contribution >= 4 is 17.5 Å². The Balaban J connectivity index is 1.62. The van der Waals surface area contributed by atoms with Crippen LogP contribution in [0.4, 0.5) is 26.2 Å². The molecule has 146 valence electrons. The van der Waals surface area contributed by atoms with E-state index in [0.717, 1.165) is 17.7 Å². The van der Waals surface area contributed by atoms with Gasteiger partial charge in [0.05, 0.1) is 20.4 Å². The first-order valence-electron chi connectivity index (χ1n) is 8.46. The van der Waals surface area contributed by atoms with Crippen LogP contribution in [-0.2, 0) is 6.42 Å². The molecule has 0 aliphatic rings. The molecule has 0 unspecified atom stereocenters. The van der Waals surface area contributed by atoms with Crippen LogP contribution in [0.5, 0.6) is 11.5 Å². The molecule has 28 heavy (non-hydrogen) atoms. The van der Waals surface area contributed by atoms with Crippen molar-refractivity contribution in [2.75, 3.05) is 31.4 Å². The van der Waals surface area contributed by atoms with Gasteiger partial charge in [-0.1, -0.05) is 12.1 Å². The number of halogens is 2. The molecular weight excluding hydrogens is 368 g/mol. The normalized spacial score (nSPS) is 10.4. The first kappa shape index (κ1) is 19.3. The smallest absolute Gasteiger partial charge is 0.244 e. The summed E-state index contributed by atoms with van der Waals surface area (Å²) >= 11 is 0. The Morgan fingerprint density at radius 1 is 1.00 bits per heavy atom. The number of rotatable bonds is 8. The Labute approximate surface area is 160 Å². The van der Waals surface area contributed by atoms with Gasteiger partial charge in [-0.3, -0.25) is 0 Å². The van der Waals surface area contributed by atoms with Gasteiger partial charge < -0.3 is 20.1 Å². The van der Waals surface area contributed by atoms with Crippen molar-refractivity contribution in [2.45, 2.75) is 6.42 Å². The highest BCUT2D eigenvalue weighted by Crippen LogP contribution is 2.27. The van der Waals surface area contributed by atoms with Gasteiger partial charge in [-0.15, -0.1) is 5.10 Å². The fourth-order valence-corrected chi connectivity index (χ4v) is 2.54. The van der Waals surface area contributed by atoms with E-state index in [1.54, 1.807) is 14.2 Å². The predicted octanol–water partition coefficient (Wildman–Crippen LogP) is 3.57. The minimum absolute atomic E-state index is 0.174. The van der Waals surface area contributed by atoms with Crippen molar-refractivity contribution in [3.8, 4) is 11.5 Å². The number of nitrogens with zero attached hydrogens (tertiary/aromatic N) is 3. The highest BCUT2D eigenvalue weighted by atomic mass is 19.1.